The maximum atomic E-state index is 13.2. The highest BCUT2D eigenvalue weighted by atomic mass is 35.5. The Labute approximate surface area is 202 Å². The fourth-order valence-electron chi connectivity index (χ4n) is 3.89. The van der Waals surface area contributed by atoms with Gasteiger partial charge >= 0.3 is 0 Å². The van der Waals surface area contributed by atoms with Crippen molar-refractivity contribution in [3.05, 3.63) is 73.7 Å². The molecule has 3 heterocycles. The SMILES string of the molecule is N#Cc1c(NC(=O)CSc2nc3cc(Cl)ccc3c(=O)n2Cc2ccco2)sc2c1CCC2. The number of benzene rings is 1. The number of rotatable bonds is 6. The van der Waals surface area contributed by atoms with Crippen molar-refractivity contribution in [2.75, 3.05) is 11.1 Å². The Bertz CT molecular complexity index is 1470. The Morgan fingerprint density at radius 2 is 2.24 bits per heavy atom. The summed E-state index contributed by atoms with van der Waals surface area (Å²) < 4.78 is 6.91. The van der Waals surface area contributed by atoms with Gasteiger partial charge in [-0.3, -0.25) is 14.2 Å². The molecule has 0 saturated carbocycles. The van der Waals surface area contributed by atoms with Crippen molar-refractivity contribution >= 4 is 56.5 Å². The fraction of sp³-hybridized carbons (Fsp3) is 0.217. The molecule has 0 bridgehead atoms. The van der Waals surface area contributed by atoms with Gasteiger partial charge < -0.3 is 9.73 Å². The number of carbonyl (C=O) groups excluding carboxylic acids is 1. The van der Waals surface area contributed by atoms with E-state index in [-0.39, 0.29) is 23.8 Å². The molecule has 0 saturated heterocycles. The van der Waals surface area contributed by atoms with Crippen LogP contribution in [0.3, 0.4) is 0 Å². The minimum absolute atomic E-state index is 0.0318. The van der Waals surface area contributed by atoms with Crippen LogP contribution in [0.5, 0.6) is 0 Å². The summed E-state index contributed by atoms with van der Waals surface area (Å²) in [6.45, 7) is 0.192. The first-order chi connectivity index (χ1) is 16.0. The van der Waals surface area contributed by atoms with Crippen LogP contribution in [0.25, 0.3) is 10.9 Å². The molecular weight excluding hydrogens is 480 g/mol. The van der Waals surface area contributed by atoms with Gasteiger partial charge in [-0.25, -0.2) is 4.98 Å². The zero-order valence-electron chi connectivity index (χ0n) is 17.3. The molecule has 0 aliphatic heterocycles. The van der Waals surface area contributed by atoms with E-state index in [0.717, 1.165) is 36.6 Å². The second-order valence-corrected chi connectivity index (χ2v) is 10.0. The van der Waals surface area contributed by atoms with E-state index in [2.05, 4.69) is 16.4 Å². The zero-order valence-corrected chi connectivity index (χ0v) is 19.6. The summed E-state index contributed by atoms with van der Waals surface area (Å²) in [7, 11) is 0. The Kier molecular flexibility index (Phi) is 5.98. The van der Waals surface area contributed by atoms with Crippen LogP contribution in [0.4, 0.5) is 5.00 Å². The molecule has 1 N–H and O–H groups in total. The summed E-state index contributed by atoms with van der Waals surface area (Å²) >= 11 is 8.72. The highest BCUT2D eigenvalue weighted by molar-refractivity contribution is 7.99. The van der Waals surface area contributed by atoms with E-state index in [1.54, 1.807) is 36.6 Å². The van der Waals surface area contributed by atoms with Gasteiger partial charge in [0.15, 0.2) is 5.16 Å². The van der Waals surface area contributed by atoms with Crippen molar-refractivity contribution < 1.29 is 9.21 Å². The molecular formula is C23H17ClN4O3S2. The smallest absolute Gasteiger partial charge is 0.262 e. The van der Waals surface area contributed by atoms with Crippen LogP contribution in [0.15, 0.2) is 51.0 Å². The van der Waals surface area contributed by atoms with Crippen LogP contribution in [0, 0.1) is 11.3 Å². The summed E-state index contributed by atoms with van der Waals surface area (Å²) in [6.07, 6.45) is 4.41. The van der Waals surface area contributed by atoms with Gasteiger partial charge in [-0.05, 0) is 55.2 Å². The Morgan fingerprint density at radius 3 is 3.03 bits per heavy atom. The first kappa shape index (κ1) is 21.8. The van der Waals surface area contributed by atoms with Crippen molar-refractivity contribution in [1.29, 1.82) is 5.26 Å². The second kappa shape index (κ2) is 9.06. The molecule has 1 aliphatic rings. The third kappa shape index (κ3) is 4.29. The van der Waals surface area contributed by atoms with Crippen molar-refractivity contribution in [3.63, 3.8) is 0 Å². The average Bonchev–Trinajstić information content (AvgIpc) is 3.52. The van der Waals surface area contributed by atoms with Crippen LogP contribution >= 0.6 is 34.7 Å². The molecule has 0 radical (unpaired) electrons. The van der Waals surface area contributed by atoms with Gasteiger partial charge in [0.1, 0.15) is 16.8 Å². The molecule has 1 aliphatic carbocycles. The topological polar surface area (TPSA) is 101 Å². The molecule has 0 unspecified atom stereocenters. The number of carbonyl (C=O) groups is 1. The van der Waals surface area contributed by atoms with E-state index in [1.165, 1.54) is 20.8 Å². The lowest BCUT2D eigenvalue weighted by atomic mass is 10.1. The molecule has 10 heteroatoms. The van der Waals surface area contributed by atoms with Gasteiger partial charge in [-0.15, -0.1) is 11.3 Å². The molecule has 0 spiro atoms. The number of amides is 1. The second-order valence-electron chi connectivity index (χ2n) is 7.54. The van der Waals surface area contributed by atoms with Gasteiger partial charge in [0, 0.05) is 9.90 Å². The maximum absolute atomic E-state index is 13.2. The van der Waals surface area contributed by atoms with Gasteiger partial charge in [-0.1, -0.05) is 23.4 Å². The lowest BCUT2D eigenvalue weighted by molar-refractivity contribution is -0.113. The third-order valence-corrected chi connectivity index (χ3v) is 7.81. The van der Waals surface area contributed by atoms with Crippen LogP contribution in [0.2, 0.25) is 5.02 Å². The van der Waals surface area contributed by atoms with E-state index < -0.39 is 0 Å². The quantitative estimate of drug-likeness (QED) is 0.302. The van der Waals surface area contributed by atoms with Crippen molar-refractivity contribution in [2.45, 2.75) is 31.0 Å². The first-order valence-electron chi connectivity index (χ1n) is 10.2. The summed E-state index contributed by atoms with van der Waals surface area (Å²) in [5.74, 6) is 0.371. The summed E-state index contributed by atoms with van der Waals surface area (Å²) in [5, 5.41) is 14.3. The lowest BCUT2D eigenvalue weighted by Crippen LogP contribution is -2.24. The Morgan fingerprint density at radius 1 is 1.36 bits per heavy atom. The van der Waals surface area contributed by atoms with Crippen molar-refractivity contribution in [3.8, 4) is 6.07 Å². The number of furan rings is 1. The lowest BCUT2D eigenvalue weighted by Gasteiger charge is -2.12. The monoisotopic (exact) mass is 496 g/mol. The summed E-state index contributed by atoms with van der Waals surface area (Å²) in [6, 6.07) is 10.7. The normalized spacial score (nSPS) is 12.6. The zero-order chi connectivity index (χ0) is 22.9. The van der Waals surface area contributed by atoms with E-state index >= 15 is 0 Å². The number of anilines is 1. The van der Waals surface area contributed by atoms with Crippen LogP contribution in [0.1, 0.15) is 28.2 Å². The average molecular weight is 497 g/mol. The molecule has 0 fully saturated rings. The van der Waals surface area contributed by atoms with E-state index in [9.17, 15) is 14.9 Å². The molecule has 3 aromatic heterocycles. The number of thiophene rings is 1. The van der Waals surface area contributed by atoms with Gasteiger partial charge in [0.25, 0.3) is 5.56 Å². The van der Waals surface area contributed by atoms with Crippen molar-refractivity contribution in [2.24, 2.45) is 0 Å². The largest absolute Gasteiger partial charge is 0.467 e. The number of nitriles is 1. The van der Waals surface area contributed by atoms with Crippen molar-refractivity contribution in [1.82, 2.24) is 9.55 Å². The molecule has 0 atom stereocenters. The van der Waals surface area contributed by atoms with Gasteiger partial charge in [0.05, 0.1) is 35.0 Å². The molecule has 4 aromatic rings. The highest BCUT2D eigenvalue weighted by Gasteiger charge is 2.23. The minimum atomic E-state index is -0.263. The standard InChI is InChI=1S/C23H17ClN4O3S2/c24-13-6-7-16-18(9-13)26-23(28(22(16)30)11-14-3-2-8-31-14)32-12-20(29)27-21-17(10-25)15-4-1-5-19(15)33-21/h2-3,6-9H,1,4-5,11-12H2,(H,27,29). The molecule has 5 rings (SSSR count). The molecule has 1 amide bonds. The molecule has 33 heavy (non-hydrogen) atoms. The first-order valence-corrected chi connectivity index (χ1v) is 12.4. The predicted octanol–water partition coefficient (Wildman–Crippen LogP) is 4.84. The van der Waals surface area contributed by atoms with E-state index in [0.29, 0.717) is 37.4 Å². The van der Waals surface area contributed by atoms with Crippen LogP contribution < -0.4 is 10.9 Å². The Balaban J connectivity index is 1.41. The number of hydrogen-bond acceptors (Lipinski definition) is 7. The minimum Gasteiger partial charge on any atom is -0.467 e. The van der Waals surface area contributed by atoms with Crippen LogP contribution in [-0.4, -0.2) is 21.2 Å². The number of halogens is 1. The van der Waals surface area contributed by atoms with Gasteiger partial charge in [0.2, 0.25) is 5.91 Å². The molecule has 7 nitrogen and oxygen atoms in total. The summed E-state index contributed by atoms with van der Waals surface area (Å²) in [5.41, 5.74) is 1.86. The number of nitrogens with zero attached hydrogens (tertiary/aromatic N) is 3. The summed E-state index contributed by atoms with van der Waals surface area (Å²) in [4.78, 5) is 31.7. The van der Waals surface area contributed by atoms with Crippen LogP contribution in [-0.2, 0) is 24.2 Å². The number of thioether (sulfide) groups is 1. The number of fused-ring (bicyclic) bond motifs is 2. The fourth-order valence-corrected chi connectivity index (χ4v) is 6.11. The number of nitrogens with one attached hydrogen (secondary N) is 1. The number of aromatic nitrogens is 2. The maximum Gasteiger partial charge on any atom is 0.262 e. The molecule has 166 valence electrons. The Hall–Kier alpha value is -3.06. The van der Waals surface area contributed by atoms with E-state index in [4.69, 9.17) is 16.0 Å². The number of hydrogen-bond donors (Lipinski definition) is 1. The number of aryl methyl sites for hydroxylation is 1. The predicted molar refractivity (Wildman–Crippen MR) is 129 cm³/mol. The highest BCUT2D eigenvalue weighted by Crippen LogP contribution is 2.38. The molecule has 1 aromatic carbocycles. The van der Waals surface area contributed by atoms with Gasteiger partial charge in [-0.2, -0.15) is 5.26 Å². The van der Waals surface area contributed by atoms with E-state index in [1.807, 2.05) is 0 Å². The third-order valence-electron chi connectivity index (χ3n) is 5.39.